The lowest BCUT2D eigenvalue weighted by atomic mass is 9.86. The van der Waals surface area contributed by atoms with E-state index >= 15 is 0 Å². The molecule has 0 aromatic heterocycles. The van der Waals surface area contributed by atoms with Crippen LogP contribution in [0.15, 0.2) is 35.7 Å². The molecule has 1 aromatic rings. The first-order valence-electron chi connectivity index (χ1n) is 9.03. The molecule has 0 bridgehead atoms. The fraction of sp³-hybridized carbons (Fsp3) is 0.474. The van der Waals surface area contributed by atoms with Crippen LogP contribution in [0.2, 0.25) is 0 Å². The Balaban J connectivity index is 1.70. The molecule has 1 aliphatic rings. The van der Waals surface area contributed by atoms with Gasteiger partial charge in [0.1, 0.15) is 6.54 Å². The molecule has 0 radical (unpaired) electrons. The summed E-state index contributed by atoms with van der Waals surface area (Å²) < 4.78 is 30.7. The zero-order valence-corrected chi connectivity index (χ0v) is 16.2. The van der Waals surface area contributed by atoms with E-state index in [9.17, 15) is 18.0 Å². The van der Waals surface area contributed by atoms with Crippen molar-refractivity contribution in [1.82, 2.24) is 10.0 Å². The molecule has 1 saturated carbocycles. The maximum absolute atomic E-state index is 11.9. The van der Waals surface area contributed by atoms with Gasteiger partial charge in [0.25, 0.3) is 5.91 Å². The Morgan fingerprint density at radius 1 is 1.19 bits per heavy atom. The summed E-state index contributed by atoms with van der Waals surface area (Å²) in [4.78, 5) is 23.6. The molecule has 0 aliphatic heterocycles. The average molecular weight is 394 g/mol. The summed E-state index contributed by atoms with van der Waals surface area (Å²) in [6, 6.07) is 9.02. The van der Waals surface area contributed by atoms with Gasteiger partial charge in [-0.1, -0.05) is 50.1 Å². The number of amides is 1. The summed E-state index contributed by atoms with van der Waals surface area (Å²) in [7, 11) is -3.78. The predicted molar refractivity (Wildman–Crippen MR) is 103 cm³/mol. The van der Waals surface area contributed by atoms with Crippen LogP contribution < -0.4 is 10.0 Å². The third kappa shape index (κ3) is 7.92. The molecular weight excluding hydrogens is 368 g/mol. The monoisotopic (exact) mass is 394 g/mol. The van der Waals surface area contributed by atoms with Crippen molar-refractivity contribution in [2.45, 2.75) is 38.6 Å². The molecule has 0 saturated heterocycles. The molecule has 1 aromatic carbocycles. The summed E-state index contributed by atoms with van der Waals surface area (Å²) in [5.74, 6) is -0.769. The summed E-state index contributed by atoms with van der Waals surface area (Å²) >= 11 is 0. The lowest BCUT2D eigenvalue weighted by Gasteiger charge is -2.29. The minimum absolute atomic E-state index is 0.103. The van der Waals surface area contributed by atoms with Crippen molar-refractivity contribution in [2.24, 2.45) is 5.92 Å². The largest absolute Gasteiger partial charge is 0.455 e. The SMILES string of the molecule is CC1CCCCC1NC(=O)COC(=O)CNS(=O)(=O)/C=C/c1ccccc1. The second-order valence-corrected chi connectivity index (χ2v) is 8.33. The van der Waals surface area contributed by atoms with Gasteiger partial charge in [-0.15, -0.1) is 0 Å². The maximum atomic E-state index is 11.9. The standard InChI is InChI=1S/C19H26N2O5S/c1-15-7-5-6-10-17(15)21-18(22)14-26-19(23)13-20-27(24,25)12-11-16-8-3-2-4-9-16/h2-4,8-9,11-12,15,17,20H,5-7,10,13-14H2,1H3,(H,21,22)/b12-11+. The van der Waals surface area contributed by atoms with Gasteiger partial charge in [0, 0.05) is 11.4 Å². The number of benzene rings is 1. The second-order valence-electron chi connectivity index (χ2n) is 6.68. The van der Waals surface area contributed by atoms with Crippen molar-refractivity contribution in [3.05, 3.63) is 41.3 Å². The van der Waals surface area contributed by atoms with E-state index in [1.165, 1.54) is 12.5 Å². The number of hydrogen-bond donors (Lipinski definition) is 2. The number of carbonyl (C=O) groups excluding carboxylic acids is 2. The van der Waals surface area contributed by atoms with Crippen molar-refractivity contribution >= 4 is 28.0 Å². The van der Waals surface area contributed by atoms with Crippen molar-refractivity contribution in [3.63, 3.8) is 0 Å². The first-order chi connectivity index (χ1) is 12.9. The van der Waals surface area contributed by atoms with E-state index < -0.39 is 29.1 Å². The van der Waals surface area contributed by atoms with Crippen molar-refractivity contribution in [2.75, 3.05) is 13.2 Å². The van der Waals surface area contributed by atoms with Gasteiger partial charge in [-0.2, -0.15) is 0 Å². The van der Waals surface area contributed by atoms with Gasteiger partial charge in [-0.25, -0.2) is 13.1 Å². The Bertz CT molecular complexity index is 762. The Morgan fingerprint density at radius 2 is 1.89 bits per heavy atom. The zero-order chi connectivity index (χ0) is 19.7. The highest BCUT2D eigenvalue weighted by Crippen LogP contribution is 2.23. The Hall–Kier alpha value is -2.19. The van der Waals surface area contributed by atoms with Gasteiger partial charge >= 0.3 is 5.97 Å². The maximum Gasteiger partial charge on any atom is 0.321 e. The minimum Gasteiger partial charge on any atom is -0.455 e. The third-order valence-electron chi connectivity index (χ3n) is 4.48. The molecule has 148 valence electrons. The van der Waals surface area contributed by atoms with Crippen LogP contribution in [-0.2, 0) is 24.3 Å². The molecule has 7 nitrogen and oxygen atoms in total. The number of ether oxygens (including phenoxy) is 1. The lowest BCUT2D eigenvalue weighted by molar-refractivity contribution is -0.147. The third-order valence-corrected chi connectivity index (χ3v) is 5.52. The molecule has 1 fully saturated rings. The molecule has 2 rings (SSSR count). The van der Waals surface area contributed by atoms with E-state index in [2.05, 4.69) is 17.0 Å². The van der Waals surface area contributed by atoms with Gasteiger partial charge in [0.2, 0.25) is 10.0 Å². The summed E-state index contributed by atoms with van der Waals surface area (Å²) in [6.07, 6.45) is 5.67. The van der Waals surface area contributed by atoms with Crippen LogP contribution in [0.4, 0.5) is 0 Å². The van der Waals surface area contributed by atoms with Gasteiger partial charge in [0.05, 0.1) is 0 Å². The first-order valence-corrected chi connectivity index (χ1v) is 10.6. The predicted octanol–water partition coefficient (Wildman–Crippen LogP) is 1.81. The van der Waals surface area contributed by atoms with E-state index in [4.69, 9.17) is 4.74 Å². The quantitative estimate of drug-likeness (QED) is 0.655. The normalized spacial score (nSPS) is 20.3. The van der Waals surface area contributed by atoms with Gasteiger partial charge < -0.3 is 10.1 Å². The van der Waals surface area contributed by atoms with Crippen LogP contribution in [0.25, 0.3) is 6.08 Å². The summed E-state index contributed by atoms with van der Waals surface area (Å²) in [5.41, 5.74) is 0.721. The van der Waals surface area contributed by atoms with Crippen LogP contribution in [-0.4, -0.2) is 39.5 Å². The lowest BCUT2D eigenvalue weighted by Crippen LogP contribution is -2.43. The van der Waals surface area contributed by atoms with Crippen molar-refractivity contribution < 1.29 is 22.7 Å². The number of rotatable bonds is 8. The van der Waals surface area contributed by atoms with E-state index in [1.54, 1.807) is 24.3 Å². The van der Waals surface area contributed by atoms with Crippen LogP contribution in [0.5, 0.6) is 0 Å². The van der Waals surface area contributed by atoms with Crippen LogP contribution >= 0.6 is 0 Å². The molecule has 2 N–H and O–H groups in total. The fourth-order valence-corrected chi connectivity index (χ4v) is 3.67. The number of sulfonamides is 1. The van der Waals surface area contributed by atoms with Gasteiger partial charge in [0.15, 0.2) is 6.61 Å². The molecular formula is C19H26N2O5S. The Labute approximate surface area is 160 Å². The van der Waals surface area contributed by atoms with Crippen molar-refractivity contribution in [1.29, 1.82) is 0 Å². The highest BCUT2D eigenvalue weighted by atomic mass is 32.2. The van der Waals surface area contributed by atoms with Crippen LogP contribution in [0.1, 0.15) is 38.2 Å². The summed E-state index contributed by atoms with van der Waals surface area (Å²) in [5, 5.41) is 3.85. The van der Waals surface area contributed by atoms with Gasteiger partial charge in [-0.3, -0.25) is 9.59 Å². The Morgan fingerprint density at radius 3 is 2.59 bits per heavy atom. The molecule has 0 spiro atoms. The van der Waals surface area contributed by atoms with Crippen LogP contribution in [0.3, 0.4) is 0 Å². The first kappa shape index (κ1) is 21.1. The molecule has 8 heteroatoms. The zero-order valence-electron chi connectivity index (χ0n) is 15.4. The topological polar surface area (TPSA) is 102 Å². The Kier molecular flexibility index (Phi) is 7.99. The van der Waals surface area contributed by atoms with Crippen molar-refractivity contribution in [3.8, 4) is 0 Å². The van der Waals surface area contributed by atoms with E-state index in [0.29, 0.717) is 5.92 Å². The van der Waals surface area contributed by atoms with E-state index in [-0.39, 0.29) is 11.9 Å². The highest BCUT2D eigenvalue weighted by molar-refractivity contribution is 7.92. The molecule has 2 atom stereocenters. The molecule has 27 heavy (non-hydrogen) atoms. The van der Waals surface area contributed by atoms with E-state index in [0.717, 1.165) is 30.2 Å². The summed E-state index contributed by atoms with van der Waals surface area (Å²) in [6.45, 7) is 1.14. The van der Waals surface area contributed by atoms with Crippen LogP contribution in [0, 0.1) is 5.92 Å². The number of carbonyl (C=O) groups is 2. The number of esters is 1. The molecule has 0 heterocycles. The molecule has 1 aliphatic carbocycles. The number of nitrogens with one attached hydrogen (secondary N) is 2. The van der Waals surface area contributed by atoms with E-state index in [1.807, 2.05) is 6.07 Å². The average Bonchev–Trinajstić information content (AvgIpc) is 2.66. The number of hydrogen-bond acceptors (Lipinski definition) is 5. The molecule has 1 amide bonds. The smallest absolute Gasteiger partial charge is 0.321 e. The minimum atomic E-state index is -3.78. The highest BCUT2D eigenvalue weighted by Gasteiger charge is 2.23. The fourth-order valence-electron chi connectivity index (χ4n) is 2.92. The second kappa shape index (κ2) is 10.2. The molecule has 2 unspecified atom stereocenters. The van der Waals surface area contributed by atoms with Gasteiger partial charge in [-0.05, 0) is 30.4 Å².